The second kappa shape index (κ2) is 16.2. The van der Waals surface area contributed by atoms with Gasteiger partial charge in [0.15, 0.2) is 39.7 Å². The Balaban J connectivity index is 0.756. The van der Waals surface area contributed by atoms with Crippen molar-refractivity contribution < 1.29 is 19.1 Å². The number of allylic oxidation sites excluding steroid dienone is 1. The van der Waals surface area contributed by atoms with Gasteiger partial charge in [0, 0.05) is 95.0 Å². The Bertz CT molecular complexity index is 3570. The van der Waals surface area contributed by atoms with E-state index in [0.717, 1.165) is 59.5 Å². The number of hydrogen-bond acceptors (Lipinski definition) is 15. The van der Waals surface area contributed by atoms with Crippen molar-refractivity contribution in [3.8, 4) is 22.6 Å². The van der Waals surface area contributed by atoms with Crippen LogP contribution in [0.25, 0.3) is 49.8 Å². The lowest BCUT2D eigenvalue weighted by atomic mass is 10.1. The molecule has 0 spiro atoms. The Labute approximate surface area is 389 Å². The number of nitrogens with zero attached hydrogens (tertiary/aromatic N) is 13. The zero-order valence-corrected chi connectivity index (χ0v) is 37.8. The minimum absolute atomic E-state index is 0.00139. The van der Waals surface area contributed by atoms with Gasteiger partial charge in [0.2, 0.25) is 5.91 Å². The van der Waals surface area contributed by atoms with Crippen LogP contribution in [0.15, 0.2) is 129 Å². The molecule has 1 aliphatic carbocycles. The van der Waals surface area contributed by atoms with Gasteiger partial charge < -0.3 is 24.6 Å². The smallest absolute Gasteiger partial charge is 0.264 e. The number of carbonyl (C=O) groups is 2. The van der Waals surface area contributed by atoms with Gasteiger partial charge in [0.25, 0.3) is 5.91 Å². The van der Waals surface area contributed by atoms with Gasteiger partial charge >= 0.3 is 0 Å². The van der Waals surface area contributed by atoms with E-state index in [-0.39, 0.29) is 30.4 Å². The topological polar surface area (TPSA) is 187 Å². The molecule has 67 heavy (non-hydrogen) atoms. The van der Waals surface area contributed by atoms with Crippen LogP contribution in [-0.4, -0.2) is 107 Å². The maximum absolute atomic E-state index is 14.2. The number of pyridine rings is 4. The number of aryl methyl sites for hydroxylation is 1. The number of hydrogen-bond donors (Lipinski definition) is 1. The third-order valence-corrected chi connectivity index (χ3v) is 13.9. The van der Waals surface area contributed by atoms with E-state index >= 15 is 0 Å². The predicted octanol–water partition coefficient (Wildman–Crippen LogP) is 6.37. The van der Waals surface area contributed by atoms with Crippen molar-refractivity contribution >= 4 is 91.6 Å². The van der Waals surface area contributed by atoms with Gasteiger partial charge in [-0.1, -0.05) is 0 Å². The first-order valence-corrected chi connectivity index (χ1v) is 23.0. The molecule has 18 nitrogen and oxygen atoms in total. The molecule has 1 N–H and O–H groups in total. The highest BCUT2D eigenvalue weighted by atomic mass is 32.2. The molecule has 2 unspecified atom stereocenters. The van der Waals surface area contributed by atoms with Crippen LogP contribution in [0.4, 0.5) is 11.4 Å². The van der Waals surface area contributed by atoms with E-state index in [4.69, 9.17) is 19.5 Å². The van der Waals surface area contributed by atoms with Crippen LogP contribution in [0.3, 0.4) is 0 Å². The van der Waals surface area contributed by atoms with Crippen LogP contribution in [0.5, 0.6) is 11.5 Å². The molecule has 3 aliphatic rings. The molecule has 7 aromatic heterocycles. The summed E-state index contributed by atoms with van der Waals surface area (Å²) >= 11 is 2.95. The molecule has 1 fully saturated rings. The lowest BCUT2D eigenvalue weighted by Crippen LogP contribution is -2.39. The number of likely N-dealkylation sites (N-methyl/N-ethyl adjacent to an activating group) is 1. The Hall–Kier alpha value is -7.84. The van der Waals surface area contributed by atoms with Gasteiger partial charge in [-0.3, -0.25) is 38.0 Å². The molecular weight excluding hydrogens is 889 g/mol. The number of ether oxygens (including phenoxy) is 2. The molecule has 2 aromatic carbocycles. The Kier molecular flexibility index (Phi) is 9.86. The fraction of sp³-hybridized carbons (Fsp3) is 0.191. The van der Waals surface area contributed by atoms with E-state index in [2.05, 4.69) is 35.8 Å². The molecule has 20 heteroatoms. The summed E-state index contributed by atoms with van der Waals surface area (Å²) in [6, 6.07) is 19.6. The standard InChI is InChI=1S/C47H38N14O4S2/c1-48-17-28(26-4-10-40-53-55-46(60(40)23-26)66-30-6-8-35-32(14-30)43-38(20-50-35)58(3)42(62)25-65-43)18-49-37-16-34(37)45(63)59-12-13-64-44-33-15-31(7-9-36(33)51-21-39(44)59)67-47-56-54-41-11-5-27(24-61(41)47)29-19-52-57(2)22-29/h4-11,14-15,17-24,34,37,48H,12-13,16,25H2,1-3H3/b28-17+,49-18+. The molecular formula is C47H38N14O4S2. The number of anilines is 2. The van der Waals surface area contributed by atoms with Gasteiger partial charge in [-0.2, -0.15) is 5.10 Å². The lowest BCUT2D eigenvalue weighted by molar-refractivity contribution is -0.121. The van der Waals surface area contributed by atoms with Crippen LogP contribution in [0.1, 0.15) is 12.0 Å². The predicted molar refractivity (Wildman–Crippen MR) is 254 cm³/mol. The van der Waals surface area contributed by atoms with Crippen molar-refractivity contribution in [2.24, 2.45) is 18.0 Å². The van der Waals surface area contributed by atoms with E-state index in [1.54, 1.807) is 33.9 Å². The van der Waals surface area contributed by atoms with E-state index in [1.807, 2.05) is 121 Å². The van der Waals surface area contributed by atoms with Crippen LogP contribution < -0.4 is 24.6 Å². The minimum Gasteiger partial charge on any atom is -0.489 e. The Morgan fingerprint density at radius 1 is 0.791 bits per heavy atom. The summed E-state index contributed by atoms with van der Waals surface area (Å²) in [5, 5.41) is 28.3. The van der Waals surface area contributed by atoms with Crippen molar-refractivity contribution in [1.29, 1.82) is 0 Å². The fourth-order valence-electron chi connectivity index (χ4n) is 8.43. The van der Waals surface area contributed by atoms with Gasteiger partial charge in [-0.05, 0) is 90.6 Å². The molecule has 0 saturated heterocycles. The SMILES string of the molecule is CN/C=C(\C=N\C1CC1C(=O)N1CCOc2c1cnc1ccc(Sc3nnc4ccc(-c5cnn(C)c5)cn34)cc21)c1ccc2nnc(Sc3ccc4ncc5c(c4c3)OCC(=O)N5C)n2c1. The number of carbonyl (C=O) groups excluding carboxylic acids is 2. The first kappa shape index (κ1) is 40.7. The minimum atomic E-state index is -0.272. The molecule has 0 bridgehead atoms. The van der Waals surface area contributed by atoms with Crippen LogP contribution in [-0.2, 0) is 16.6 Å². The van der Waals surface area contributed by atoms with Gasteiger partial charge in [-0.15, -0.1) is 20.4 Å². The highest BCUT2D eigenvalue weighted by Gasteiger charge is 2.46. The largest absolute Gasteiger partial charge is 0.489 e. The number of fused-ring (bicyclic) bond motifs is 8. The second-order valence-electron chi connectivity index (χ2n) is 16.3. The highest BCUT2D eigenvalue weighted by Crippen LogP contribution is 2.44. The quantitative estimate of drug-likeness (QED) is 0.149. The molecule has 1 saturated carbocycles. The van der Waals surface area contributed by atoms with Crippen molar-refractivity contribution in [1.82, 2.24) is 54.3 Å². The van der Waals surface area contributed by atoms with Crippen LogP contribution in [0.2, 0.25) is 0 Å². The molecule has 2 aliphatic heterocycles. The molecule has 2 atom stereocenters. The van der Waals surface area contributed by atoms with E-state index in [1.165, 1.54) is 23.5 Å². The summed E-state index contributed by atoms with van der Waals surface area (Å²) in [6.07, 6.45) is 15.6. The monoisotopic (exact) mass is 926 g/mol. The van der Waals surface area contributed by atoms with E-state index in [0.29, 0.717) is 58.4 Å². The van der Waals surface area contributed by atoms with Gasteiger partial charge in [-0.25, -0.2) is 0 Å². The highest BCUT2D eigenvalue weighted by molar-refractivity contribution is 7.99. The summed E-state index contributed by atoms with van der Waals surface area (Å²) < 4.78 is 17.8. The molecule has 9 aromatic rings. The van der Waals surface area contributed by atoms with Crippen molar-refractivity contribution in [2.45, 2.75) is 32.6 Å². The molecule has 0 radical (unpaired) electrons. The Morgan fingerprint density at radius 3 is 2.18 bits per heavy atom. The van der Waals surface area contributed by atoms with Crippen molar-refractivity contribution in [3.05, 3.63) is 110 Å². The van der Waals surface area contributed by atoms with Crippen molar-refractivity contribution in [2.75, 3.05) is 43.7 Å². The summed E-state index contributed by atoms with van der Waals surface area (Å²) in [6.45, 7) is 0.748. The number of benzene rings is 2. The number of aromatic nitrogens is 10. The number of aliphatic imine (C=N–C) groups is 1. The van der Waals surface area contributed by atoms with E-state index in [9.17, 15) is 9.59 Å². The van der Waals surface area contributed by atoms with Gasteiger partial charge in [0.1, 0.15) is 18.0 Å². The summed E-state index contributed by atoms with van der Waals surface area (Å²) in [7, 11) is 5.46. The molecule has 12 rings (SSSR count). The number of nitrogens with one attached hydrogen (secondary N) is 1. The third kappa shape index (κ3) is 7.33. The fourth-order valence-corrected chi connectivity index (χ4v) is 10.1. The Morgan fingerprint density at radius 2 is 1.48 bits per heavy atom. The average molecular weight is 927 g/mol. The van der Waals surface area contributed by atoms with E-state index < -0.39 is 0 Å². The molecule has 2 amide bonds. The second-order valence-corrected chi connectivity index (χ2v) is 18.4. The number of rotatable bonds is 10. The maximum atomic E-state index is 14.2. The summed E-state index contributed by atoms with van der Waals surface area (Å²) in [5.41, 5.74) is 7.97. The third-order valence-electron chi connectivity index (χ3n) is 12.0. The average Bonchev–Trinajstić information content (AvgIpc) is 3.57. The van der Waals surface area contributed by atoms with Gasteiger partial charge in [0.05, 0.1) is 48.1 Å². The lowest BCUT2D eigenvalue weighted by Gasteiger charge is -2.30. The summed E-state index contributed by atoms with van der Waals surface area (Å²) in [4.78, 5) is 45.9. The first-order chi connectivity index (χ1) is 32.8. The zero-order valence-electron chi connectivity index (χ0n) is 36.1. The first-order valence-electron chi connectivity index (χ1n) is 21.4. The zero-order chi connectivity index (χ0) is 45.3. The van der Waals surface area contributed by atoms with Crippen LogP contribution in [0, 0.1) is 5.92 Å². The maximum Gasteiger partial charge on any atom is 0.264 e. The summed E-state index contributed by atoms with van der Waals surface area (Å²) in [5.74, 6) is 0.867. The normalized spacial score (nSPS) is 17.1. The molecule has 9 heterocycles. The molecule has 332 valence electrons. The number of amides is 2. The van der Waals surface area contributed by atoms with Crippen LogP contribution >= 0.6 is 23.5 Å². The van der Waals surface area contributed by atoms with Crippen molar-refractivity contribution in [3.63, 3.8) is 0 Å².